The highest BCUT2D eigenvalue weighted by molar-refractivity contribution is 7.09. The number of aromatic nitrogens is 1. The summed E-state index contributed by atoms with van der Waals surface area (Å²) in [5, 5.41) is 3.39. The van der Waals surface area contributed by atoms with Crippen LogP contribution < -0.4 is 5.73 Å². The van der Waals surface area contributed by atoms with Gasteiger partial charge in [-0.25, -0.2) is 4.98 Å². The Morgan fingerprint density at radius 1 is 1.33 bits per heavy atom. The molecule has 3 rings (SSSR count). The van der Waals surface area contributed by atoms with Gasteiger partial charge in [0, 0.05) is 36.3 Å². The van der Waals surface area contributed by atoms with E-state index in [2.05, 4.69) is 24.1 Å². The molecule has 1 aliphatic carbocycles. The smallest absolute Gasteiger partial charge is 0.225 e. The Labute approximate surface area is 161 Å². The van der Waals surface area contributed by atoms with Gasteiger partial charge in [0.05, 0.1) is 10.7 Å². The van der Waals surface area contributed by atoms with Crippen molar-refractivity contribution in [3.05, 3.63) is 16.1 Å². The van der Waals surface area contributed by atoms with E-state index in [-0.39, 0.29) is 36.8 Å². The fourth-order valence-corrected chi connectivity index (χ4v) is 4.74. The summed E-state index contributed by atoms with van der Waals surface area (Å²) in [6.07, 6.45) is 5.08. The fourth-order valence-electron chi connectivity index (χ4n) is 3.63. The van der Waals surface area contributed by atoms with Gasteiger partial charge >= 0.3 is 0 Å². The first-order valence-corrected chi connectivity index (χ1v) is 9.42. The summed E-state index contributed by atoms with van der Waals surface area (Å²) in [6, 6.07) is 0.224. The molecule has 1 saturated carbocycles. The first-order chi connectivity index (χ1) is 10.5. The number of carbonyl (C=O) groups excluding carboxylic acids is 1. The number of nitrogens with two attached hydrogens (primary N) is 1. The van der Waals surface area contributed by atoms with Gasteiger partial charge in [0.1, 0.15) is 0 Å². The summed E-state index contributed by atoms with van der Waals surface area (Å²) in [4.78, 5) is 19.6. The minimum atomic E-state index is 0. The van der Waals surface area contributed by atoms with E-state index in [1.807, 2.05) is 0 Å². The molecule has 7 heteroatoms. The molecule has 2 N–H and O–H groups in total. The van der Waals surface area contributed by atoms with Crippen LogP contribution in [0.1, 0.15) is 68.5 Å². The molecule has 24 heavy (non-hydrogen) atoms. The third kappa shape index (κ3) is 4.84. The molecule has 2 heterocycles. The summed E-state index contributed by atoms with van der Waals surface area (Å²) >= 11 is 1.76. The molecule has 1 aromatic rings. The van der Waals surface area contributed by atoms with Crippen LogP contribution in [0, 0.1) is 5.92 Å². The molecule has 1 aromatic heterocycles. The summed E-state index contributed by atoms with van der Waals surface area (Å²) in [5.74, 6) is 1.39. The van der Waals surface area contributed by atoms with Crippen LogP contribution in [0.3, 0.4) is 0 Å². The van der Waals surface area contributed by atoms with Crippen LogP contribution in [0.5, 0.6) is 0 Å². The zero-order valence-electron chi connectivity index (χ0n) is 14.4. The van der Waals surface area contributed by atoms with Crippen LogP contribution >= 0.6 is 36.2 Å². The van der Waals surface area contributed by atoms with Crippen LogP contribution in [0.25, 0.3) is 0 Å². The monoisotopic (exact) mass is 393 g/mol. The Morgan fingerprint density at radius 2 is 2.08 bits per heavy atom. The molecule has 3 atom stereocenters. The van der Waals surface area contributed by atoms with Crippen LogP contribution in [0.15, 0.2) is 5.38 Å². The van der Waals surface area contributed by atoms with E-state index in [9.17, 15) is 4.79 Å². The summed E-state index contributed by atoms with van der Waals surface area (Å²) in [6.45, 7) is 6.11. The maximum atomic E-state index is 12.7. The molecular weight excluding hydrogens is 365 g/mol. The van der Waals surface area contributed by atoms with E-state index >= 15 is 0 Å². The number of hydrogen-bond acceptors (Lipinski definition) is 4. The largest absolute Gasteiger partial charge is 0.342 e. The average molecular weight is 394 g/mol. The van der Waals surface area contributed by atoms with E-state index < -0.39 is 0 Å². The van der Waals surface area contributed by atoms with E-state index in [0.29, 0.717) is 17.7 Å². The Balaban J connectivity index is 0.00000144. The molecule has 1 amide bonds. The molecule has 0 spiro atoms. The third-order valence-electron chi connectivity index (χ3n) is 5.04. The van der Waals surface area contributed by atoms with Crippen molar-refractivity contribution in [1.29, 1.82) is 0 Å². The molecule has 1 aliphatic heterocycles. The average Bonchev–Trinajstić information content (AvgIpc) is 3.15. The highest BCUT2D eigenvalue weighted by atomic mass is 35.5. The lowest BCUT2D eigenvalue weighted by molar-refractivity contribution is -0.136. The Hall–Kier alpha value is -0.360. The van der Waals surface area contributed by atoms with Crippen molar-refractivity contribution in [3.63, 3.8) is 0 Å². The lowest BCUT2D eigenvalue weighted by Crippen LogP contribution is -2.42. The predicted octanol–water partition coefficient (Wildman–Crippen LogP) is 3.94. The van der Waals surface area contributed by atoms with E-state index in [1.54, 1.807) is 11.3 Å². The van der Waals surface area contributed by atoms with E-state index in [1.165, 1.54) is 10.7 Å². The molecular formula is C17H29Cl2N3OS. The Morgan fingerprint density at radius 3 is 2.67 bits per heavy atom. The van der Waals surface area contributed by atoms with Crippen molar-refractivity contribution in [1.82, 2.24) is 9.88 Å². The van der Waals surface area contributed by atoms with Crippen molar-refractivity contribution >= 4 is 42.1 Å². The number of likely N-dealkylation sites (tertiary alicyclic amines) is 1. The van der Waals surface area contributed by atoms with Gasteiger partial charge in [0.2, 0.25) is 5.91 Å². The second kappa shape index (κ2) is 9.37. The van der Waals surface area contributed by atoms with Crippen molar-refractivity contribution in [2.24, 2.45) is 11.7 Å². The van der Waals surface area contributed by atoms with Gasteiger partial charge in [0.25, 0.3) is 0 Å². The predicted molar refractivity (Wildman–Crippen MR) is 105 cm³/mol. The van der Waals surface area contributed by atoms with Gasteiger partial charge in [-0.2, -0.15) is 0 Å². The Kier molecular flexibility index (Phi) is 8.46. The number of hydrogen-bond donors (Lipinski definition) is 1. The number of rotatable bonds is 3. The zero-order chi connectivity index (χ0) is 15.7. The first-order valence-electron chi connectivity index (χ1n) is 8.54. The lowest BCUT2D eigenvalue weighted by Gasteiger charge is -2.33. The van der Waals surface area contributed by atoms with Crippen LogP contribution in [-0.4, -0.2) is 34.9 Å². The van der Waals surface area contributed by atoms with E-state index in [0.717, 1.165) is 45.2 Å². The molecule has 0 aromatic carbocycles. The van der Waals surface area contributed by atoms with Crippen molar-refractivity contribution in [3.8, 4) is 0 Å². The van der Waals surface area contributed by atoms with Gasteiger partial charge in [0.15, 0.2) is 0 Å². The van der Waals surface area contributed by atoms with Gasteiger partial charge < -0.3 is 10.6 Å². The molecule has 138 valence electrons. The minimum absolute atomic E-state index is 0. The molecule has 3 unspecified atom stereocenters. The van der Waals surface area contributed by atoms with Crippen molar-refractivity contribution < 1.29 is 4.79 Å². The molecule has 2 aliphatic rings. The molecule has 1 saturated heterocycles. The van der Waals surface area contributed by atoms with Crippen LogP contribution in [0.2, 0.25) is 0 Å². The van der Waals surface area contributed by atoms with Crippen LogP contribution in [0.4, 0.5) is 0 Å². The second-order valence-corrected chi connectivity index (χ2v) is 8.05. The summed E-state index contributed by atoms with van der Waals surface area (Å²) in [7, 11) is 0. The van der Waals surface area contributed by atoms with Crippen LogP contribution in [-0.2, 0) is 4.79 Å². The number of thiazole rings is 1. The summed E-state index contributed by atoms with van der Waals surface area (Å²) in [5.41, 5.74) is 7.15. The van der Waals surface area contributed by atoms with Gasteiger partial charge in [-0.1, -0.05) is 13.8 Å². The van der Waals surface area contributed by atoms with E-state index in [4.69, 9.17) is 10.7 Å². The standard InChI is InChI=1S/C17H27N3OS.2ClH/c1-11(2)15-10-22-16(19-15)13-4-3-7-20(9-13)17(21)12-5-6-14(18)8-12;;/h10-14H,3-9,18H2,1-2H3;2*1H. The SMILES string of the molecule is CC(C)c1csc(C2CCCN(C(=O)C3CCC(N)C3)C2)n1.Cl.Cl. The minimum Gasteiger partial charge on any atom is -0.342 e. The third-order valence-corrected chi connectivity index (χ3v) is 6.06. The lowest BCUT2D eigenvalue weighted by atomic mass is 9.96. The van der Waals surface area contributed by atoms with Gasteiger partial charge in [-0.3, -0.25) is 4.79 Å². The zero-order valence-corrected chi connectivity index (χ0v) is 16.9. The molecule has 0 radical (unpaired) electrons. The topological polar surface area (TPSA) is 59.2 Å². The van der Waals surface area contributed by atoms with Crippen molar-refractivity contribution in [2.45, 2.75) is 63.8 Å². The molecule has 4 nitrogen and oxygen atoms in total. The van der Waals surface area contributed by atoms with Crippen molar-refractivity contribution in [2.75, 3.05) is 13.1 Å². The quantitative estimate of drug-likeness (QED) is 0.845. The fraction of sp³-hybridized carbons (Fsp3) is 0.765. The Bertz CT molecular complexity index is 538. The maximum absolute atomic E-state index is 12.7. The molecule has 2 fully saturated rings. The highest BCUT2D eigenvalue weighted by Gasteiger charge is 2.34. The summed E-state index contributed by atoms with van der Waals surface area (Å²) < 4.78 is 0. The number of piperidine rings is 1. The van der Waals surface area contributed by atoms with Gasteiger partial charge in [-0.15, -0.1) is 36.2 Å². The maximum Gasteiger partial charge on any atom is 0.225 e. The number of halogens is 2. The number of amides is 1. The number of carbonyl (C=O) groups is 1. The highest BCUT2D eigenvalue weighted by Crippen LogP contribution is 2.33. The second-order valence-electron chi connectivity index (χ2n) is 7.16. The first kappa shape index (κ1) is 21.7. The number of nitrogens with zero attached hydrogens (tertiary/aromatic N) is 2. The van der Waals surface area contributed by atoms with Gasteiger partial charge in [-0.05, 0) is 38.0 Å². The molecule has 0 bridgehead atoms. The normalized spacial score (nSPS) is 26.8.